The van der Waals surface area contributed by atoms with E-state index in [0.717, 1.165) is 19.4 Å². The van der Waals surface area contributed by atoms with Gasteiger partial charge in [0.2, 0.25) is 0 Å². The largest absolute Gasteiger partial charge is 0.393 e. The molecule has 0 amide bonds. The number of aliphatic hydroxyl groups is 1. The van der Waals surface area contributed by atoms with E-state index in [1.807, 2.05) is 0 Å². The summed E-state index contributed by atoms with van der Waals surface area (Å²) >= 11 is 0. The van der Waals surface area contributed by atoms with Crippen LogP contribution in [0.2, 0.25) is 0 Å². The van der Waals surface area contributed by atoms with E-state index in [1.54, 1.807) is 0 Å². The predicted molar refractivity (Wildman–Crippen MR) is 65.4 cm³/mol. The van der Waals surface area contributed by atoms with E-state index in [2.05, 4.69) is 0 Å². The van der Waals surface area contributed by atoms with Crippen LogP contribution in [0.5, 0.6) is 0 Å². The molecule has 2 unspecified atom stereocenters. The van der Waals surface area contributed by atoms with E-state index in [4.69, 9.17) is 4.74 Å². The molecule has 2 nitrogen and oxygen atoms in total. The standard InChI is InChI=1S/C14H26O2/c15-14-9-5-6-12(14)10-11-16-13-7-3-1-2-4-8-13/h12-15H,1-11H2. The third kappa shape index (κ3) is 3.74. The second-order valence-electron chi connectivity index (χ2n) is 5.53. The fourth-order valence-electron chi connectivity index (χ4n) is 3.15. The van der Waals surface area contributed by atoms with Gasteiger partial charge in [-0.2, -0.15) is 0 Å². The SMILES string of the molecule is OC1CCCC1CCOC1CCCCCC1. The van der Waals surface area contributed by atoms with E-state index < -0.39 is 0 Å². The predicted octanol–water partition coefficient (Wildman–Crippen LogP) is 3.28. The number of ether oxygens (including phenoxy) is 1. The first-order valence-corrected chi connectivity index (χ1v) is 7.16. The number of hydrogen-bond donors (Lipinski definition) is 1. The molecular weight excluding hydrogens is 200 g/mol. The Labute approximate surface area is 99.4 Å². The first-order valence-electron chi connectivity index (χ1n) is 7.16. The summed E-state index contributed by atoms with van der Waals surface area (Å²) in [7, 11) is 0. The van der Waals surface area contributed by atoms with Gasteiger partial charge in [0.25, 0.3) is 0 Å². The van der Waals surface area contributed by atoms with Gasteiger partial charge in [-0.15, -0.1) is 0 Å². The van der Waals surface area contributed by atoms with Crippen LogP contribution in [0.15, 0.2) is 0 Å². The van der Waals surface area contributed by atoms with Crippen LogP contribution in [-0.2, 0) is 4.74 Å². The van der Waals surface area contributed by atoms with Gasteiger partial charge in [-0.05, 0) is 38.0 Å². The third-order valence-corrected chi connectivity index (χ3v) is 4.26. The van der Waals surface area contributed by atoms with E-state index in [0.29, 0.717) is 12.0 Å². The highest BCUT2D eigenvalue weighted by molar-refractivity contribution is 4.76. The normalized spacial score (nSPS) is 32.8. The average Bonchev–Trinajstić information content (AvgIpc) is 2.55. The van der Waals surface area contributed by atoms with Crippen molar-refractivity contribution in [1.29, 1.82) is 0 Å². The van der Waals surface area contributed by atoms with Crippen molar-refractivity contribution in [1.82, 2.24) is 0 Å². The lowest BCUT2D eigenvalue weighted by Crippen LogP contribution is -2.18. The molecular formula is C14H26O2. The van der Waals surface area contributed by atoms with Gasteiger partial charge >= 0.3 is 0 Å². The molecule has 0 heterocycles. The molecule has 0 saturated heterocycles. The summed E-state index contributed by atoms with van der Waals surface area (Å²) in [4.78, 5) is 0. The summed E-state index contributed by atoms with van der Waals surface area (Å²) in [5.41, 5.74) is 0. The van der Waals surface area contributed by atoms with Crippen molar-refractivity contribution >= 4 is 0 Å². The monoisotopic (exact) mass is 226 g/mol. The average molecular weight is 226 g/mol. The van der Waals surface area contributed by atoms with Gasteiger partial charge in [0.1, 0.15) is 0 Å². The van der Waals surface area contributed by atoms with Crippen molar-refractivity contribution in [3.63, 3.8) is 0 Å². The molecule has 0 aromatic carbocycles. The van der Waals surface area contributed by atoms with Gasteiger partial charge in [-0.1, -0.05) is 32.1 Å². The van der Waals surface area contributed by atoms with Crippen molar-refractivity contribution in [2.45, 2.75) is 76.4 Å². The van der Waals surface area contributed by atoms with Crippen LogP contribution in [0.4, 0.5) is 0 Å². The molecule has 2 heteroatoms. The smallest absolute Gasteiger partial charge is 0.0575 e. The summed E-state index contributed by atoms with van der Waals surface area (Å²) in [5.74, 6) is 0.519. The Morgan fingerprint density at radius 1 is 0.875 bits per heavy atom. The van der Waals surface area contributed by atoms with Crippen LogP contribution in [0, 0.1) is 5.92 Å². The van der Waals surface area contributed by atoms with E-state index in [9.17, 15) is 5.11 Å². The van der Waals surface area contributed by atoms with Crippen LogP contribution < -0.4 is 0 Å². The Hall–Kier alpha value is -0.0800. The second-order valence-corrected chi connectivity index (χ2v) is 5.53. The van der Waals surface area contributed by atoms with E-state index in [1.165, 1.54) is 51.4 Å². The maximum Gasteiger partial charge on any atom is 0.0575 e. The third-order valence-electron chi connectivity index (χ3n) is 4.26. The molecule has 2 saturated carbocycles. The summed E-state index contributed by atoms with van der Waals surface area (Å²) < 4.78 is 5.96. The fourth-order valence-corrected chi connectivity index (χ4v) is 3.15. The Morgan fingerprint density at radius 2 is 1.62 bits per heavy atom. The molecule has 2 atom stereocenters. The topological polar surface area (TPSA) is 29.5 Å². The van der Waals surface area contributed by atoms with Crippen LogP contribution >= 0.6 is 0 Å². The molecule has 0 aromatic rings. The van der Waals surface area contributed by atoms with Crippen LogP contribution in [-0.4, -0.2) is 23.9 Å². The molecule has 0 bridgehead atoms. The maximum atomic E-state index is 9.72. The van der Waals surface area contributed by atoms with Crippen LogP contribution in [0.3, 0.4) is 0 Å². The fraction of sp³-hybridized carbons (Fsp3) is 1.00. The number of rotatable bonds is 4. The highest BCUT2D eigenvalue weighted by Gasteiger charge is 2.25. The van der Waals surface area contributed by atoms with Crippen molar-refractivity contribution in [3.05, 3.63) is 0 Å². The molecule has 16 heavy (non-hydrogen) atoms. The molecule has 0 aromatic heterocycles. The van der Waals surface area contributed by atoms with Gasteiger partial charge in [-0.25, -0.2) is 0 Å². The quantitative estimate of drug-likeness (QED) is 0.745. The highest BCUT2D eigenvalue weighted by Crippen LogP contribution is 2.28. The van der Waals surface area contributed by atoms with Gasteiger partial charge < -0.3 is 9.84 Å². The molecule has 2 aliphatic rings. The molecule has 1 N–H and O–H groups in total. The summed E-state index contributed by atoms with van der Waals surface area (Å²) in [5, 5.41) is 9.72. The lowest BCUT2D eigenvalue weighted by Gasteiger charge is -2.18. The Balaban J connectivity index is 1.59. The van der Waals surface area contributed by atoms with Crippen molar-refractivity contribution in [3.8, 4) is 0 Å². The molecule has 2 aliphatic carbocycles. The Morgan fingerprint density at radius 3 is 2.25 bits per heavy atom. The van der Waals surface area contributed by atoms with Crippen LogP contribution in [0.1, 0.15) is 64.2 Å². The lowest BCUT2D eigenvalue weighted by atomic mass is 10.0. The second kappa shape index (κ2) is 6.61. The molecule has 0 radical (unpaired) electrons. The minimum Gasteiger partial charge on any atom is -0.393 e. The first kappa shape index (κ1) is 12.4. The molecule has 94 valence electrons. The molecule has 2 rings (SSSR count). The Kier molecular flexibility index (Phi) is 5.11. The van der Waals surface area contributed by atoms with Crippen LogP contribution in [0.25, 0.3) is 0 Å². The van der Waals surface area contributed by atoms with Crippen molar-refractivity contribution in [2.75, 3.05) is 6.61 Å². The summed E-state index contributed by atoms with van der Waals surface area (Å²) in [6.45, 7) is 0.867. The molecule has 0 spiro atoms. The molecule has 2 fully saturated rings. The zero-order valence-corrected chi connectivity index (χ0v) is 10.4. The minimum absolute atomic E-state index is 0.0438. The number of aliphatic hydroxyl groups excluding tert-OH is 1. The van der Waals surface area contributed by atoms with Crippen molar-refractivity contribution in [2.24, 2.45) is 5.92 Å². The summed E-state index contributed by atoms with van der Waals surface area (Å²) in [6.07, 6.45) is 12.9. The first-order chi connectivity index (χ1) is 7.86. The van der Waals surface area contributed by atoms with Gasteiger partial charge in [0.15, 0.2) is 0 Å². The van der Waals surface area contributed by atoms with Gasteiger partial charge in [0, 0.05) is 6.61 Å². The van der Waals surface area contributed by atoms with E-state index in [-0.39, 0.29) is 6.10 Å². The molecule has 0 aliphatic heterocycles. The zero-order chi connectivity index (χ0) is 11.2. The van der Waals surface area contributed by atoms with Crippen molar-refractivity contribution < 1.29 is 9.84 Å². The number of hydrogen-bond acceptors (Lipinski definition) is 2. The van der Waals surface area contributed by atoms with Gasteiger partial charge in [0.05, 0.1) is 12.2 Å². The zero-order valence-electron chi connectivity index (χ0n) is 10.4. The highest BCUT2D eigenvalue weighted by atomic mass is 16.5. The maximum absolute atomic E-state index is 9.72. The minimum atomic E-state index is -0.0438. The summed E-state index contributed by atoms with van der Waals surface area (Å²) in [6, 6.07) is 0. The van der Waals surface area contributed by atoms with E-state index >= 15 is 0 Å². The van der Waals surface area contributed by atoms with Gasteiger partial charge in [-0.3, -0.25) is 0 Å². The lowest BCUT2D eigenvalue weighted by molar-refractivity contribution is 0.0236. The Bertz CT molecular complexity index is 185.